The maximum atomic E-state index is 14.0. The summed E-state index contributed by atoms with van der Waals surface area (Å²) in [5.41, 5.74) is -0.357. The van der Waals surface area contributed by atoms with Gasteiger partial charge in [-0.1, -0.05) is 0 Å². The third-order valence-corrected chi connectivity index (χ3v) is 6.69. The van der Waals surface area contributed by atoms with Crippen molar-refractivity contribution in [2.24, 2.45) is 5.92 Å². The second-order valence-electron chi connectivity index (χ2n) is 5.95. The number of carboxylic acids is 1. The minimum atomic E-state index is -4.03. The Bertz CT molecular complexity index is 808. The lowest BCUT2D eigenvalue weighted by Gasteiger charge is -2.22. The quantitative estimate of drug-likeness (QED) is 0.814. The van der Waals surface area contributed by atoms with E-state index in [4.69, 9.17) is 0 Å². The van der Waals surface area contributed by atoms with Crippen molar-refractivity contribution in [3.05, 3.63) is 29.6 Å². The Labute approximate surface area is 138 Å². The number of nitrogens with zero attached hydrogens (tertiary/aromatic N) is 1. The number of sulfonamides is 1. The number of esters is 1. The van der Waals surface area contributed by atoms with Crippen LogP contribution >= 0.6 is 0 Å². The van der Waals surface area contributed by atoms with E-state index in [1.54, 1.807) is 0 Å². The molecule has 2 aliphatic heterocycles. The van der Waals surface area contributed by atoms with Gasteiger partial charge < -0.3 is 9.84 Å². The summed E-state index contributed by atoms with van der Waals surface area (Å²) in [6.07, 6.45) is 1.34. The molecule has 3 unspecified atom stereocenters. The van der Waals surface area contributed by atoms with Gasteiger partial charge in [-0.05, 0) is 37.5 Å². The van der Waals surface area contributed by atoms with E-state index in [1.165, 1.54) is 4.31 Å². The van der Waals surface area contributed by atoms with E-state index in [-0.39, 0.29) is 22.9 Å². The van der Waals surface area contributed by atoms with Gasteiger partial charge >= 0.3 is 11.9 Å². The Balaban J connectivity index is 1.96. The van der Waals surface area contributed by atoms with Gasteiger partial charge in [0.25, 0.3) is 0 Å². The van der Waals surface area contributed by atoms with Crippen LogP contribution in [0.4, 0.5) is 4.39 Å². The number of aliphatic carboxylic acids is 1. The minimum Gasteiger partial charge on any atom is -0.481 e. The Morgan fingerprint density at radius 2 is 2.04 bits per heavy atom. The predicted octanol–water partition coefficient (Wildman–Crippen LogP) is 1.24. The number of carboxylic acid groups (broad SMARTS) is 1. The number of carbonyl (C=O) groups excluding carboxylic acids is 1. The molecule has 7 nitrogen and oxygen atoms in total. The van der Waals surface area contributed by atoms with Crippen LogP contribution in [0.5, 0.6) is 0 Å². The number of methoxy groups -OCH3 is 1. The number of carbonyl (C=O) groups is 2. The van der Waals surface area contributed by atoms with Crippen molar-refractivity contribution < 1.29 is 32.2 Å². The normalized spacial score (nSPS) is 26.5. The lowest BCUT2D eigenvalue weighted by atomic mass is 9.89. The smallest absolute Gasteiger partial charge is 0.340 e. The number of fused-ring (bicyclic) bond motifs is 2. The fourth-order valence-electron chi connectivity index (χ4n) is 3.63. The molecule has 0 aliphatic carbocycles. The molecule has 9 heteroatoms. The van der Waals surface area contributed by atoms with Crippen LogP contribution in [0.25, 0.3) is 0 Å². The predicted molar refractivity (Wildman–Crippen MR) is 79.3 cm³/mol. The van der Waals surface area contributed by atoms with Gasteiger partial charge in [0, 0.05) is 12.1 Å². The third kappa shape index (κ3) is 2.48. The second kappa shape index (κ2) is 5.82. The fourth-order valence-corrected chi connectivity index (χ4v) is 5.56. The van der Waals surface area contributed by atoms with Crippen LogP contribution in [0.3, 0.4) is 0 Å². The van der Waals surface area contributed by atoms with Crippen LogP contribution in [0.2, 0.25) is 0 Å². The summed E-state index contributed by atoms with van der Waals surface area (Å²) in [5.74, 6) is -3.65. The molecule has 0 amide bonds. The van der Waals surface area contributed by atoms with Crippen molar-refractivity contribution in [1.29, 1.82) is 0 Å². The van der Waals surface area contributed by atoms with Crippen LogP contribution in [-0.2, 0) is 19.6 Å². The first-order valence-electron chi connectivity index (χ1n) is 7.41. The third-order valence-electron chi connectivity index (χ3n) is 4.71. The average Bonchev–Trinajstić information content (AvgIpc) is 3.12. The Hall–Kier alpha value is -2.00. The molecule has 0 spiro atoms. The molecule has 0 aromatic heterocycles. The molecule has 24 heavy (non-hydrogen) atoms. The summed E-state index contributed by atoms with van der Waals surface area (Å²) in [4.78, 5) is 22.4. The van der Waals surface area contributed by atoms with Gasteiger partial charge in [0.2, 0.25) is 10.0 Å². The number of ether oxygens (including phenoxy) is 1. The molecule has 0 saturated carbocycles. The number of halogens is 1. The van der Waals surface area contributed by atoms with Crippen molar-refractivity contribution in [2.75, 3.05) is 7.11 Å². The van der Waals surface area contributed by atoms with Crippen molar-refractivity contribution in [1.82, 2.24) is 4.31 Å². The van der Waals surface area contributed by atoms with Crippen LogP contribution in [0.15, 0.2) is 23.1 Å². The molecule has 0 radical (unpaired) electrons. The van der Waals surface area contributed by atoms with Gasteiger partial charge in [0.05, 0.1) is 23.5 Å². The number of hydrogen-bond acceptors (Lipinski definition) is 5. The maximum Gasteiger partial charge on any atom is 0.340 e. The standard InChI is InChI=1S/C15H16FNO6S/c1-23-15(20)10-4-3-9(7-12(10)16)24(21,22)17-8-2-5-13(17)11(6-8)14(18)19/h3-4,7-8,11,13H,2,5-6H2,1H3,(H,18,19). The van der Waals surface area contributed by atoms with Gasteiger partial charge in [-0.15, -0.1) is 0 Å². The zero-order valence-electron chi connectivity index (χ0n) is 12.8. The molecule has 2 saturated heterocycles. The summed E-state index contributed by atoms with van der Waals surface area (Å²) >= 11 is 0. The number of benzene rings is 1. The topological polar surface area (TPSA) is 101 Å². The highest BCUT2D eigenvalue weighted by Crippen LogP contribution is 2.45. The fraction of sp³-hybridized carbons (Fsp3) is 0.467. The van der Waals surface area contributed by atoms with Crippen LogP contribution in [0.1, 0.15) is 29.6 Å². The van der Waals surface area contributed by atoms with E-state index in [0.29, 0.717) is 12.8 Å². The highest BCUT2D eigenvalue weighted by Gasteiger charge is 2.54. The summed E-state index contributed by atoms with van der Waals surface area (Å²) in [7, 11) is -2.94. The maximum absolute atomic E-state index is 14.0. The average molecular weight is 357 g/mol. The van der Waals surface area contributed by atoms with Gasteiger partial charge in [-0.2, -0.15) is 4.31 Å². The van der Waals surface area contributed by atoms with Gasteiger partial charge in [-0.3, -0.25) is 4.79 Å². The first-order valence-corrected chi connectivity index (χ1v) is 8.85. The van der Waals surface area contributed by atoms with Gasteiger partial charge in [0.1, 0.15) is 5.82 Å². The lowest BCUT2D eigenvalue weighted by Crippen LogP contribution is -2.37. The van der Waals surface area contributed by atoms with E-state index in [9.17, 15) is 27.5 Å². The molecule has 2 bridgehead atoms. The van der Waals surface area contributed by atoms with Gasteiger partial charge in [0.15, 0.2) is 0 Å². The highest BCUT2D eigenvalue weighted by molar-refractivity contribution is 7.89. The molecular formula is C15H16FNO6S. The largest absolute Gasteiger partial charge is 0.481 e. The number of hydrogen-bond donors (Lipinski definition) is 1. The summed E-state index contributed by atoms with van der Waals surface area (Å²) in [6.45, 7) is 0. The van der Waals surface area contributed by atoms with Crippen LogP contribution in [0, 0.1) is 11.7 Å². The molecule has 2 aliphatic rings. The van der Waals surface area contributed by atoms with Crippen LogP contribution in [-0.4, -0.2) is 49.0 Å². The van der Waals surface area contributed by atoms with Crippen molar-refractivity contribution in [3.8, 4) is 0 Å². The van der Waals surface area contributed by atoms with Crippen molar-refractivity contribution in [3.63, 3.8) is 0 Å². The zero-order valence-corrected chi connectivity index (χ0v) is 13.6. The minimum absolute atomic E-state index is 0.266. The molecule has 2 heterocycles. The molecule has 130 valence electrons. The first-order chi connectivity index (χ1) is 11.3. The van der Waals surface area contributed by atoms with E-state index in [0.717, 1.165) is 25.3 Å². The Morgan fingerprint density at radius 1 is 1.33 bits per heavy atom. The molecule has 3 rings (SSSR count). The molecule has 3 atom stereocenters. The Morgan fingerprint density at radius 3 is 2.58 bits per heavy atom. The summed E-state index contributed by atoms with van der Waals surface area (Å²) < 4.78 is 45.3. The zero-order chi connectivity index (χ0) is 17.6. The monoisotopic (exact) mass is 357 g/mol. The van der Waals surface area contributed by atoms with Crippen molar-refractivity contribution in [2.45, 2.75) is 36.2 Å². The van der Waals surface area contributed by atoms with Crippen molar-refractivity contribution >= 4 is 22.0 Å². The highest BCUT2D eigenvalue weighted by atomic mass is 32.2. The lowest BCUT2D eigenvalue weighted by molar-refractivity contribution is -0.142. The number of rotatable bonds is 4. The first kappa shape index (κ1) is 16.8. The molecule has 1 N–H and O–H groups in total. The molecule has 1 aromatic carbocycles. The molecule has 2 fully saturated rings. The summed E-state index contributed by atoms with van der Waals surface area (Å²) in [5, 5.41) is 9.23. The van der Waals surface area contributed by atoms with E-state index < -0.39 is 39.7 Å². The Kier molecular flexibility index (Phi) is 4.08. The van der Waals surface area contributed by atoms with E-state index in [1.807, 2.05) is 0 Å². The van der Waals surface area contributed by atoms with Gasteiger partial charge in [-0.25, -0.2) is 17.6 Å². The molecule has 1 aromatic rings. The van der Waals surface area contributed by atoms with E-state index >= 15 is 0 Å². The van der Waals surface area contributed by atoms with Crippen LogP contribution < -0.4 is 0 Å². The molecular weight excluding hydrogens is 341 g/mol. The van der Waals surface area contributed by atoms with E-state index in [2.05, 4.69) is 4.74 Å². The summed E-state index contributed by atoms with van der Waals surface area (Å²) in [6, 6.07) is 1.97. The second-order valence-corrected chi connectivity index (χ2v) is 7.79. The SMILES string of the molecule is COC(=O)c1ccc(S(=O)(=O)N2C3CCC2C(C(=O)O)C3)cc1F.